The lowest BCUT2D eigenvalue weighted by molar-refractivity contribution is 0.0391. The predicted octanol–water partition coefficient (Wildman–Crippen LogP) is 4.38. The topological polar surface area (TPSA) is 68.8 Å². The van der Waals surface area contributed by atoms with Gasteiger partial charge in [-0.15, -0.1) is 5.10 Å². The first-order chi connectivity index (χ1) is 16.9. The summed E-state index contributed by atoms with van der Waals surface area (Å²) in [6.07, 6.45) is 6.20. The molecule has 35 heavy (non-hydrogen) atoms. The monoisotopic (exact) mass is 478 g/mol. The molecular formula is C25H21F3N6O. The van der Waals surface area contributed by atoms with Crippen molar-refractivity contribution >= 4 is 5.91 Å². The van der Waals surface area contributed by atoms with E-state index in [-0.39, 0.29) is 23.6 Å². The van der Waals surface area contributed by atoms with Gasteiger partial charge in [-0.25, -0.2) is 17.9 Å². The average molecular weight is 478 g/mol. The molecule has 178 valence electrons. The number of carbonyl (C=O) groups excluding carboxylic acids is 1. The van der Waals surface area contributed by atoms with Gasteiger partial charge in [-0.3, -0.25) is 9.48 Å². The van der Waals surface area contributed by atoms with E-state index >= 15 is 0 Å². The Hall–Kier alpha value is -3.95. The van der Waals surface area contributed by atoms with E-state index in [2.05, 4.69) is 15.4 Å². The molecule has 7 nitrogen and oxygen atoms in total. The molecule has 0 unspecified atom stereocenters. The van der Waals surface area contributed by atoms with Gasteiger partial charge in [0.15, 0.2) is 17.5 Å². The standard InChI is InChI=1S/C25H21F3N6O/c1-32-24(14-11-18(26)22(28)19(27)12-14)17-13-15-5-4-8-21(23(17)30-32)34(15)25(35)16-6-2-3-7-20(16)33-10-9-29-31-33/h2-3,6-7,9-12,15,21H,4-5,8,13H2,1H3/t15-,21-/m1/s1. The molecule has 0 aliphatic carbocycles. The van der Waals surface area contributed by atoms with E-state index < -0.39 is 17.5 Å². The summed E-state index contributed by atoms with van der Waals surface area (Å²) in [5.74, 6) is -4.10. The van der Waals surface area contributed by atoms with Crippen LogP contribution >= 0.6 is 0 Å². The Morgan fingerprint density at radius 2 is 1.86 bits per heavy atom. The predicted molar refractivity (Wildman–Crippen MR) is 120 cm³/mol. The van der Waals surface area contributed by atoms with Crippen molar-refractivity contribution in [2.24, 2.45) is 7.05 Å². The number of hydrogen-bond acceptors (Lipinski definition) is 4. The van der Waals surface area contributed by atoms with E-state index in [0.717, 1.165) is 42.7 Å². The maximum atomic E-state index is 14.0. The van der Waals surface area contributed by atoms with Crippen LogP contribution in [0.1, 0.15) is 46.9 Å². The Morgan fingerprint density at radius 1 is 1.09 bits per heavy atom. The summed E-state index contributed by atoms with van der Waals surface area (Å²) in [6.45, 7) is 0. The number of nitrogens with zero attached hydrogens (tertiary/aromatic N) is 6. The minimum absolute atomic E-state index is 0.101. The summed E-state index contributed by atoms with van der Waals surface area (Å²) >= 11 is 0. The van der Waals surface area contributed by atoms with Crippen LogP contribution in [0.4, 0.5) is 13.2 Å². The third-order valence-corrected chi connectivity index (χ3v) is 6.97. The highest BCUT2D eigenvalue weighted by Gasteiger charge is 2.44. The summed E-state index contributed by atoms with van der Waals surface area (Å²) in [5.41, 5.74) is 3.49. The fourth-order valence-electron chi connectivity index (χ4n) is 5.53. The molecule has 0 N–H and O–H groups in total. The largest absolute Gasteiger partial charge is 0.327 e. The van der Waals surface area contributed by atoms with E-state index in [1.807, 2.05) is 23.1 Å². The SMILES string of the molecule is Cn1nc2c(c1-c1cc(F)c(F)c(F)c1)C[C@H]1CCC[C@H]2N1C(=O)c1ccccc1-n1ccnn1. The number of piperidine rings is 1. The molecule has 2 atom stereocenters. The maximum absolute atomic E-state index is 14.0. The van der Waals surface area contributed by atoms with Crippen molar-refractivity contribution in [2.75, 3.05) is 0 Å². The summed E-state index contributed by atoms with van der Waals surface area (Å²) < 4.78 is 44.8. The lowest BCUT2D eigenvalue weighted by atomic mass is 9.81. The van der Waals surface area contributed by atoms with Crippen LogP contribution in [0.5, 0.6) is 0 Å². The Balaban J connectivity index is 1.44. The van der Waals surface area contributed by atoms with Crippen LogP contribution in [0.25, 0.3) is 16.9 Å². The molecule has 2 bridgehead atoms. The fraction of sp³-hybridized carbons (Fsp3) is 0.280. The second kappa shape index (κ2) is 8.07. The Kier molecular flexibility index (Phi) is 4.98. The van der Waals surface area contributed by atoms with Crippen LogP contribution in [0.3, 0.4) is 0 Å². The first kappa shape index (κ1) is 21.6. The second-order valence-corrected chi connectivity index (χ2v) is 8.97. The summed E-state index contributed by atoms with van der Waals surface area (Å²) in [5, 5.41) is 12.6. The van der Waals surface area contributed by atoms with E-state index in [9.17, 15) is 18.0 Å². The van der Waals surface area contributed by atoms with Crippen LogP contribution in [0, 0.1) is 17.5 Å². The molecule has 2 aliphatic rings. The van der Waals surface area contributed by atoms with E-state index in [1.165, 1.54) is 0 Å². The number of benzene rings is 2. The number of para-hydroxylation sites is 1. The van der Waals surface area contributed by atoms with Gasteiger partial charge < -0.3 is 4.90 Å². The number of fused-ring (bicyclic) bond motifs is 4. The molecule has 10 heteroatoms. The van der Waals surface area contributed by atoms with Gasteiger partial charge in [0.25, 0.3) is 5.91 Å². The van der Waals surface area contributed by atoms with Crippen molar-refractivity contribution in [1.29, 1.82) is 0 Å². The normalized spacial score (nSPS) is 19.0. The van der Waals surface area contributed by atoms with Crippen LogP contribution in [0.15, 0.2) is 48.8 Å². The fourth-order valence-corrected chi connectivity index (χ4v) is 5.53. The van der Waals surface area contributed by atoms with E-state index in [0.29, 0.717) is 23.4 Å². The van der Waals surface area contributed by atoms with Gasteiger partial charge in [0.05, 0.1) is 41.1 Å². The number of rotatable bonds is 3. The highest BCUT2D eigenvalue weighted by molar-refractivity contribution is 5.98. The molecule has 2 aromatic heterocycles. The molecule has 4 aromatic rings. The van der Waals surface area contributed by atoms with E-state index in [1.54, 1.807) is 34.9 Å². The van der Waals surface area contributed by atoms with Crippen molar-refractivity contribution in [2.45, 2.75) is 37.8 Å². The average Bonchev–Trinajstić information content (AvgIpc) is 3.49. The van der Waals surface area contributed by atoms with Crippen LogP contribution in [-0.2, 0) is 13.5 Å². The zero-order valence-electron chi connectivity index (χ0n) is 18.8. The molecule has 1 fully saturated rings. The molecule has 0 saturated carbocycles. The van der Waals surface area contributed by atoms with Gasteiger partial charge in [0.1, 0.15) is 0 Å². The summed E-state index contributed by atoms with van der Waals surface area (Å²) in [6, 6.07) is 8.88. The maximum Gasteiger partial charge on any atom is 0.256 e. The summed E-state index contributed by atoms with van der Waals surface area (Å²) in [4.78, 5) is 15.8. The number of halogens is 3. The highest BCUT2D eigenvalue weighted by Crippen LogP contribution is 2.45. The highest BCUT2D eigenvalue weighted by atomic mass is 19.2. The third-order valence-electron chi connectivity index (χ3n) is 6.97. The molecule has 2 aliphatic heterocycles. The van der Waals surface area contributed by atoms with Crippen LogP contribution < -0.4 is 0 Å². The number of amides is 1. The number of aryl methyl sites for hydroxylation is 1. The number of hydrogen-bond donors (Lipinski definition) is 0. The van der Waals surface area contributed by atoms with E-state index in [4.69, 9.17) is 0 Å². The molecule has 0 spiro atoms. The number of carbonyl (C=O) groups is 1. The zero-order valence-corrected chi connectivity index (χ0v) is 18.8. The van der Waals surface area contributed by atoms with Crippen molar-refractivity contribution in [3.8, 4) is 16.9 Å². The van der Waals surface area contributed by atoms with Gasteiger partial charge in [-0.05, 0) is 49.9 Å². The van der Waals surface area contributed by atoms with Crippen molar-refractivity contribution < 1.29 is 18.0 Å². The van der Waals surface area contributed by atoms with Gasteiger partial charge in [-0.1, -0.05) is 17.3 Å². The smallest absolute Gasteiger partial charge is 0.256 e. The van der Waals surface area contributed by atoms with Gasteiger partial charge in [-0.2, -0.15) is 5.10 Å². The van der Waals surface area contributed by atoms with Crippen LogP contribution in [-0.4, -0.2) is 41.6 Å². The molecule has 6 rings (SSSR count). The Morgan fingerprint density at radius 3 is 2.60 bits per heavy atom. The quantitative estimate of drug-likeness (QED) is 0.410. The van der Waals surface area contributed by atoms with Crippen LogP contribution in [0.2, 0.25) is 0 Å². The van der Waals surface area contributed by atoms with Gasteiger partial charge >= 0.3 is 0 Å². The lowest BCUT2D eigenvalue weighted by Crippen LogP contribution is -2.50. The van der Waals surface area contributed by atoms with Crippen molar-refractivity contribution in [3.05, 3.63) is 83.1 Å². The molecule has 1 amide bonds. The van der Waals surface area contributed by atoms with Crippen molar-refractivity contribution in [1.82, 2.24) is 29.7 Å². The number of aromatic nitrogens is 5. The molecule has 0 radical (unpaired) electrons. The van der Waals surface area contributed by atoms with Crippen molar-refractivity contribution in [3.63, 3.8) is 0 Å². The third kappa shape index (κ3) is 3.35. The Labute approximate surface area is 198 Å². The molecule has 2 aromatic carbocycles. The molecular weight excluding hydrogens is 457 g/mol. The lowest BCUT2D eigenvalue weighted by Gasteiger charge is -2.45. The first-order valence-electron chi connectivity index (χ1n) is 11.4. The van der Waals surface area contributed by atoms with Gasteiger partial charge in [0, 0.05) is 24.2 Å². The van der Waals surface area contributed by atoms with Gasteiger partial charge in [0.2, 0.25) is 0 Å². The summed E-state index contributed by atoms with van der Waals surface area (Å²) in [7, 11) is 1.70. The minimum Gasteiger partial charge on any atom is -0.327 e. The first-order valence-corrected chi connectivity index (χ1v) is 11.4. The Bertz CT molecular complexity index is 1420. The second-order valence-electron chi connectivity index (χ2n) is 8.97. The molecule has 4 heterocycles. The zero-order chi connectivity index (χ0) is 24.3. The minimum atomic E-state index is -1.50. The molecule has 1 saturated heterocycles.